The molecule has 1 atom stereocenters. The van der Waals surface area contributed by atoms with Gasteiger partial charge in [-0.05, 0) is 48.9 Å². The Morgan fingerprint density at radius 3 is 2.00 bits per heavy atom. The van der Waals surface area contributed by atoms with E-state index in [1.165, 1.54) is 36.0 Å². The Morgan fingerprint density at radius 2 is 1.56 bits per heavy atom. The molecule has 0 radical (unpaired) electrons. The van der Waals surface area contributed by atoms with Gasteiger partial charge in [-0.3, -0.25) is 0 Å². The van der Waals surface area contributed by atoms with E-state index in [4.69, 9.17) is 10.5 Å². The molecule has 0 saturated heterocycles. The molecule has 148 valence electrons. The Kier molecular flexibility index (Phi) is 17.5. The molecular weight excluding hydrogens is 339 g/mol. The standard InChI is InChI=1S/C13H16N2.C6H5FO.2C2H6/c1-11(7-6-10-14)15-12(2)13-8-4-3-5-9-13;7-5-1-3-6(8)4-2-5;2*1-2/h3-10,12,14-15H,1H2,2H3;1-4,8H;2*1-2H3/b7-6-,14-10?;;;. The minimum Gasteiger partial charge on any atom is -0.508 e. The predicted molar refractivity (Wildman–Crippen MR) is 116 cm³/mol. The van der Waals surface area contributed by atoms with Gasteiger partial charge in [0.05, 0.1) is 0 Å². The van der Waals surface area contributed by atoms with Crippen LogP contribution in [0.1, 0.15) is 46.2 Å². The molecule has 2 aromatic carbocycles. The van der Waals surface area contributed by atoms with Crippen LogP contribution in [0.3, 0.4) is 0 Å². The lowest BCUT2D eigenvalue weighted by Gasteiger charge is -2.15. The van der Waals surface area contributed by atoms with Crippen molar-refractivity contribution >= 4 is 6.21 Å². The van der Waals surface area contributed by atoms with Gasteiger partial charge in [-0.25, -0.2) is 4.39 Å². The maximum absolute atomic E-state index is 12.0. The fourth-order valence-corrected chi connectivity index (χ4v) is 1.76. The van der Waals surface area contributed by atoms with Gasteiger partial charge in [0, 0.05) is 18.0 Å². The summed E-state index contributed by atoms with van der Waals surface area (Å²) in [7, 11) is 0. The third-order valence-corrected chi connectivity index (χ3v) is 2.92. The third-order valence-electron chi connectivity index (χ3n) is 2.92. The van der Waals surface area contributed by atoms with Crippen molar-refractivity contribution in [2.24, 2.45) is 0 Å². The lowest BCUT2D eigenvalue weighted by atomic mass is 10.1. The quantitative estimate of drug-likeness (QED) is 0.407. The monoisotopic (exact) mass is 372 g/mol. The number of halogens is 1. The minimum absolute atomic E-state index is 0.0893. The van der Waals surface area contributed by atoms with Crippen LogP contribution in [-0.4, -0.2) is 11.3 Å². The molecule has 1 unspecified atom stereocenters. The Bertz CT molecular complexity index is 616. The molecule has 0 spiro atoms. The third kappa shape index (κ3) is 14.0. The second-order valence-electron chi connectivity index (χ2n) is 4.80. The van der Waals surface area contributed by atoms with Crippen LogP contribution >= 0.6 is 0 Å². The van der Waals surface area contributed by atoms with E-state index in [9.17, 15) is 4.39 Å². The van der Waals surface area contributed by atoms with Gasteiger partial charge in [-0.1, -0.05) is 64.6 Å². The summed E-state index contributed by atoms with van der Waals surface area (Å²) in [6.45, 7) is 13.9. The van der Waals surface area contributed by atoms with Crippen molar-refractivity contribution < 1.29 is 9.50 Å². The van der Waals surface area contributed by atoms with E-state index in [0.717, 1.165) is 5.70 Å². The number of benzene rings is 2. The van der Waals surface area contributed by atoms with Crippen LogP contribution in [0.15, 0.2) is 79.0 Å². The Morgan fingerprint density at radius 1 is 1.04 bits per heavy atom. The topological polar surface area (TPSA) is 56.1 Å². The van der Waals surface area contributed by atoms with E-state index >= 15 is 0 Å². The normalized spacial score (nSPS) is 10.0. The Labute approximate surface area is 163 Å². The zero-order chi connectivity index (χ0) is 21.1. The fourth-order valence-electron chi connectivity index (χ4n) is 1.76. The summed E-state index contributed by atoms with van der Waals surface area (Å²) >= 11 is 0. The van der Waals surface area contributed by atoms with Crippen LogP contribution in [0.25, 0.3) is 0 Å². The van der Waals surface area contributed by atoms with Crippen LogP contribution < -0.4 is 5.32 Å². The molecule has 0 saturated carbocycles. The van der Waals surface area contributed by atoms with Crippen LogP contribution in [0.5, 0.6) is 5.75 Å². The molecule has 2 aromatic rings. The van der Waals surface area contributed by atoms with Crippen molar-refractivity contribution in [3.05, 3.63) is 90.4 Å². The number of allylic oxidation sites excluding steroid dienone is 2. The van der Waals surface area contributed by atoms with E-state index in [-0.39, 0.29) is 17.6 Å². The molecule has 3 nitrogen and oxygen atoms in total. The van der Waals surface area contributed by atoms with Crippen molar-refractivity contribution in [1.29, 1.82) is 5.41 Å². The molecule has 3 N–H and O–H groups in total. The largest absolute Gasteiger partial charge is 0.508 e. The molecule has 0 aliphatic rings. The van der Waals surface area contributed by atoms with Gasteiger partial charge in [0.15, 0.2) is 0 Å². The summed E-state index contributed by atoms with van der Waals surface area (Å²) in [5.74, 6) is -0.241. The first-order chi connectivity index (χ1) is 13.0. The van der Waals surface area contributed by atoms with Crippen molar-refractivity contribution in [3.8, 4) is 5.75 Å². The zero-order valence-electron chi connectivity index (χ0n) is 17.0. The molecular formula is C23H33FN2O. The number of nitrogens with one attached hydrogen (secondary N) is 2. The number of aromatic hydroxyl groups is 1. The van der Waals surface area contributed by atoms with E-state index in [0.29, 0.717) is 0 Å². The van der Waals surface area contributed by atoms with Gasteiger partial charge in [0.1, 0.15) is 11.6 Å². The van der Waals surface area contributed by atoms with Gasteiger partial charge < -0.3 is 15.8 Å². The molecule has 0 heterocycles. The maximum atomic E-state index is 12.0. The smallest absolute Gasteiger partial charge is 0.123 e. The highest BCUT2D eigenvalue weighted by Crippen LogP contribution is 2.12. The molecule has 4 heteroatoms. The van der Waals surface area contributed by atoms with Crippen LogP contribution in [0, 0.1) is 11.2 Å². The molecule has 2 rings (SSSR count). The lowest BCUT2D eigenvalue weighted by molar-refractivity contribution is 0.473. The second kappa shape index (κ2) is 17.9. The fraction of sp³-hybridized carbons (Fsp3) is 0.261. The van der Waals surface area contributed by atoms with Crippen LogP contribution in [0.4, 0.5) is 4.39 Å². The van der Waals surface area contributed by atoms with Crippen molar-refractivity contribution in [2.75, 3.05) is 0 Å². The van der Waals surface area contributed by atoms with Crippen molar-refractivity contribution in [2.45, 2.75) is 40.7 Å². The highest BCUT2D eigenvalue weighted by molar-refractivity contribution is 5.68. The number of hydrogen-bond donors (Lipinski definition) is 3. The Balaban J connectivity index is 0. The van der Waals surface area contributed by atoms with Crippen molar-refractivity contribution in [3.63, 3.8) is 0 Å². The summed E-state index contributed by atoms with van der Waals surface area (Å²) in [6, 6.07) is 15.4. The van der Waals surface area contributed by atoms with E-state index in [1.807, 2.05) is 45.9 Å². The minimum atomic E-state index is -0.331. The predicted octanol–water partition coefficient (Wildman–Crippen LogP) is 6.64. The van der Waals surface area contributed by atoms with E-state index in [2.05, 4.69) is 31.0 Å². The molecule has 0 aliphatic carbocycles. The summed E-state index contributed by atoms with van der Waals surface area (Å²) in [5, 5.41) is 18.7. The summed E-state index contributed by atoms with van der Waals surface area (Å²) in [6.07, 6.45) is 4.67. The molecule has 0 fully saturated rings. The highest BCUT2D eigenvalue weighted by atomic mass is 19.1. The molecule has 0 aliphatic heterocycles. The zero-order valence-corrected chi connectivity index (χ0v) is 17.0. The average molecular weight is 373 g/mol. The average Bonchev–Trinajstić information content (AvgIpc) is 2.72. The number of hydrogen-bond acceptors (Lipinski definition) is 3. The maximum Gasteiger partial charge on any atom is 0.123 e. The summed E-state index contributed by atoms with van der Waals surface area (Å²) in [4.78, 5) is 0. The summed E-state index contributed by atoms with van der Waals surface area (Å²) < 4.78 is 12.0. The van der Waals surface area contributed by atoms with Crippen molar-refractivity contribution in [1.82, 2.24) is 5.32 Å². The first-order valence-electron chi connectivity index (χ1n) is 9.15. The summed E-state index contributed by atoms with van der Waals surface area (Å²) in [5.41, 5.74) is 2.04. The van der Waals surface area contributed by atoms with Crippen LogP contribution in [-0.2, 0) is 0 Å². The first kappa shape index (κ1) is 26.4. The molecule has 27 heavy (non-hydrogen) atoms. The number of phenolic OH excluding ortho intramolecular Hbond substituents is 1. The second-order valence-corrected chi connectivity index (χ2v) is 4.80. The van der Waals surface area contributed by atoms with Crippen LogP contribution in [0.2, 0.25) is 0 Å². The van der Waals surface area contributed by atoms with Gasteiger partial charge in [0.25, 0.3) is 0 Å². The molecule has 0 amide bonds. The first-order valence-corrected chi connectivity index (χ1v) is 9.15. The number of rotatable bonds is 5. The van der Waals surface area contributed by atoms with Gasteiger partial charge in [0.2, 0.25) is 0 Å². The molecule has 0 aromatic heterocycles. The van der Waals surface area contributed by atoms with Gasteiger partial charge in [-0.2, -0.15) is 0 Å². The number of phenols is 1. The SMILES string of the molecule is C=C(/C=C\C=N)NC(C)c1ccccc1.CC.CC.Oc1ccc(F)cc1. The lowest BCUT2D eigenvalue weighted by Crippen LogP contribution is -2.16. The van der Waals surface area contributed by atoms with Gasteiger partial charge in [-0.15, -0.1) is 0 Å². The van der Waals surface area contributed by atoms with Gasteiger partial charge >= 0.3 is 0 Å². The van der Waals surface area contributed by atoms with E-state index < -0.39 is 0 Å². The Hall–Kier alpha value is -2.88. The van der Waals surface area contributed by atoms with E-state index in [1.54, 1.807) is 12.2 Å². The highest BCUT2D eigenvalue weighted by Gasteiger charge is 2.02. The molecule has 0 bridgehead atoms.